The summed E-state index contributed by atoms with van der Waals surface area (Å²) in [6.45, 7) is -1.40. The summed E-state index contributed by atoms with van der Waals surface area (Å²) in [6.07, 6.45) is 0. The molecule has 0 aliphatic rings. The molecule has 0 atom stereocenters. The van der Waals surface area contributed by atoms with Gasteiger partial charge in [0, 0.05) is 4.47 Å². The Morgan fingerprint density at radius 3 is 2.20 bits per heavy atom. The summed E-state index contributed by atoms with van der Waals surface area (Å²) < 4.78 is 5.40. The molecule has 8 heteroatoms. The quantitative estimate of drug-likeness (QED) is 0.799. The van der Waals surface area contributed by atoms with Crippen molar-refractivity contribution in [3.05, 3.63) is 28.2 Å². The van der Waals surface area contributed by atoms with E-state index < -0.39 is 30.9 Å². The van der Waals surface area contributed by atoms with E-state index in [9.17, 15) is 14.4 Å². The number of halogens is 1. The van der Waals surface area contributed by atoms with Crippen LogP contribution in [0.1, 0.15) is 10.4 Å². The summed E-state index contributed by atoms with van der Waals surface area (Å²) in [7, 11) is 1.42. The first-order valence-electron chi connectivity index (χ1n) is 5.41. The summed E-state index contributed by atoms with van der Waals surface area (Å²) in [5, 5.41) is 17.5. The molecule has 0 saturated heterocycles. The molecule has 2 N–H and O–H groups in total. The van der Waals surface area contributed by atoms with Crippen LogP contribution in [0.2, 0.25) is 0 Å². The van der Waals surface area contributed by atoms with Gasteiger partial charge in [0.2, 0.25) is 0 Å². The number of carbonyl (C=O) groups is 3. The van der Waals surface area contributed by atoms with Crippen LogP contribution in [-0.2, 0) is 9.59 Å². The molecule has 1 rings (SSSR count). The minimum Gasteiger partial charge on any atom is -0.497 e. The van der Waals surface area contributed by atoms with E-state index >= 15 is 0 Å². The van der Waals surface area contributed by atoms with Crippen molar-refractivity contribution in [3.8, 4) is 5.75 Å². The zero-order chi connectivity index (χ0) is 15.3. The minimum atomic E-state index is -1.29. The fraction of sp³-hybridized carbons (Fsp3) is 0.250. The number of hydrogen-bond acceptors (Lipinski definition) is 4. The summed E-state index contributed by atoms with van der Waals surface area (Å²) in [4.78, 5) is 34.4. The summed E-state index contributed by atoms with van der Waals surface area (Å²) >= 11 is 3.16. The number of benzene rings is 1. The Morgan fingerprint density at radius 1 is 1.20 bits per heavy atom. The lowest BCUT2D eigenvalue weighted by Gasteiger charge is -2.19. The van der Waals surface area contributed by atoms with Crippen molar-refractivity contribution in [2.24, 2.45) is 0 Å². The van der Waals surface area contributed by atoms with E-state index in [1.165, 1.54) is 13.2 Å². The summed E-state index contributed by atoms with van der Waals surface area (Å²) in [5.74, 6) is -2.89. The van der Waals surface area contributed by atoms with Crippen molar-refractivity contribution < 1.29 is 29.3 Å². The van der Waals surface area contributed by atoms with Gasteiger partial charge in [-0.05, 0) is 34.1 Å². The van der Waals surface area contributed by atoms with Gasteiger partial charge in [0.05, 0.1) is 12.7 Å². The van der Waals surface area contributed by atoms with Gasteiger partial charge in [-0.1, -0.05) is 0 Å². The number of nitrogens with zero attached hydrogens (tertiary/aromatic N) is 1. The number of methoxy groups -OCH3 is 1. The lowest BCUT2D eigenvalue weighted by molar-refractivity contribution is -0.140. The highest BCUT2D eigenvalue weighted by Gasteiger charge is 2.23. The Bertz CT molecular complexity index is 529. The van der Waals surface area contributed by atoms with E-state index in [0.717, 1.165) is 4.90 Å². The van der Waals surface area contributed by atoms with E-state index in [2.05, 4.69) is 15.9 Å². The van der Waals surface area contributed by atoms with Crippen LogP contribution in [0.4, 0.5) is 0 Å². The van der Waals surface area contributed by atoms with Gasteiger partial charge in [-0.3, -0.25) is 14.4 Å². The van der Waals surface area contributed by atoms with Crippen LogP contribution in [-0.4, -0.2) is 53.2 Å². The monoisotopic (exact) mass is 345 g/mol. The Morgan fingerprint density at radius 2 is 1.75 bits per heavy atom. The van der Waals surface area contributed by atoms with E-state index in [4.69, 9.17) is 14.9 Å². The molecule has 0 fully saturated rings. The van der Waals surface area contributed by atoms with Crippen molar-refractivity contribution in [1.82, 2.24) is 4.90 Å². The molecule has 0 heterocycles. The van der Waals surface area contributed by atoms with E-state index in [1.54, 1.807) is 12.1 Å². The zero-order valence-corrected chi connectivity index (χ0v) is 12.1. The first-order chi connectivity index (χ1) is 9.35. The number of aliphatic carboxylic acids is 2. The molecule has 1 amide bonds. The Hall–Kier alpha value is -2.09. The number of ether oxygens (including phenoxy) is 1. The molecule has 0 aliphatic carbocycles. The Labute approximate surface area is 122 Å². The molecule has 7 nitrogen and oxygen atoms in total. The van der Waals surface area contributed by atoms with Crippen LogP contribution in [0.15, 0.2) is 22.7 Å². The minimum absolute atomic E-state index is 0.131. The largest absolute Gasteiger partial charge is 0.497 e. The third-order valence-electron chi connectivity index (χ3n) is 2.34. The van der Waals surface area contributed by atoms with Crippen molar-refractivity contribution in [1.29, 1.82) is 0 Å². The van der Waals surface area contributed by atoms with E-state index in [1.807, 2.05) is 0 Å². The maximum atomic E-state index is 12.2. The van der Waals surface area contributed by atoms with Crippen molar-refractivity contribution in [2.75, 3.05) is 20.2 Å². The fourth-order valence-electron chi connectivity index (χ4n) is 1.49. The molecule has 108 valence electrons. The number of carboxylic acids is 2. The first-order valence-corrected chi connectivity index (χ1v) is 6.21. The van der Waals surface area contributed by atoms with E-state index in [0.29, 0.717) is 10.2 Å². The smallest absolute Gasteiger partial charge is 0.323 e. The average molecular weight is 346 g/mol. The summed E-state index contributed by atoms with van der Waals surface area (Å²) in [6, 6.07) is 4.58. The van der Waals surface area contributed by atoms with Crippen molar-refractivity contribution in [2.45, 2.75) is 0 Å². The molecule has 0 radical (unpaired) electrons. The van der Waals surface area contributed by atoms with Gasteiger partial charge < -0.3 is 19.8 Å². The number of rotatable bonds is 6. The van der Waals surface area contributed by atoms with Gasteiger partial charge >= 0.3 is 11.9 Å². The third kappa shape index (κ3) is 4.23. The molecule has 0 bridgehead atoms. The van der Waals surface area contributed by atoms with Gasteiger partial charge in [-0.2, -0.15) is 0 Å². The second-order valence-electron chi connectivity index (χ2n) is 3.79. The molecule has 1 aromatic rings. The van der Waals surface area contributed by atoms with Gasteiger partial charge in [0.15, 0.2) is 0 Å². The molecule has 0 saturated carbocycles. The van der Waals surface area contributed by atoms with E-state index in [-0.39, 0.29) is 5.56 Å². The van der Waals surface area contributed by atoms with Crippen molar-refractivity contribution in [3.63, 3.8) is 0 Å². The topological polar surface area (TPSA) is 104 Å². The van der Waals surface area contributed by atoms with Crippen LogP contribution in [0, 0.1) is 0 Å². The normalized spacial score (nSPS) is 9.90. The highest BCUT2D eigenvalue weighted by molar-refractivity contribution is 9.10. The molecule has 0 unspecified atom stereocenters. The Balaban J connectivity index is 3.10. The number of amides is 1. The number of carbonyl (C=O) groups excluding carboxylic acids is 1. The maximum Gasteiger partial charge on any atom is 0.323 e. The third-order valence-corrected chi connectivity index (χ3v) is 3.03. The van der Waals surface area contributed by atoms with Crippen LogP contribution < -0.4 is 4.74 Å². The number of carboxylic acid groups (broad SMARTS) is 2. The van der Waals surface area contributed by atoms with Crippen molar-refractivity contribution >= 4 is 33.8 Å². The standard InChI is InChI=1S/C12H12BrNO6/c1-20-7-2-3-9(13)8(4-7)12(19)14(5-10(15)16)6-11(17)18/h2-4H,5-6H2,1H3,(H,15,16)(H,17,18). The maximum absolute atomic E-state index is 12.2. The first kappa shape index (κ1) is 16.0. The molecule has 0 aliphatic heterocycles. The zero-order valence-electron chi connectivity index (χ0n) is 10.5. The average Bonchev–Trinajstić information content (AvgIpc) is 2.36. The lowest BCUT2D eigenvalue weighted by Crippen LogP contribution is -2.39. The predicted molar refractivity (Wildman–Crippen MR) is 71.9 cm³/mol. The molecule has 0 aromatic heterocycles. The second kappa shape index (κ2) is 6.90. The van der Waals surface area contributed by atoms with Gasteiger partial charge in [0.1, 0.15) is 18.8 Å². The SMILES string of the molecule is COc1ccc(Br)c(C(=O)N(CC(=O)O)CC(=O)O)c1. The molecular formula is C12H12BrNO6. The second-order valence-corrected chi connectivity index (χ2v) is 4.65. The lowest BCUT2D eigenvalue weighted by atomic mass is 10.2. The van der Waals surface area contributed by atoms with Crippen LogP contribution in [0.25, 0.3) is 0 Å². The number of hydrogen-bond donors (Lipinski definition) is 2. The van der Waals surface area contributed by atoms with Gasteiger partial charge in [0.25, 0.3) is 5.91 Å². The van der Waals surface area contributed by atoms with Gasteiger partial charge in [-0.15, -0.1) is 0 Å². The van der Waals surface area contributed by atoms with Crippen LogP contribution in [0.3, 0.4) is 0 Å². The highest BCUT2D eigenvalue weighted by atomic mass is 79.9. The fourth-order valence-corrected chi connectivity index (χ4v) is 1.91. The highest BCUT2D eigenvalue weighted by Crippen LogP contribution is 2.23. The van der Waals surface area contributed by atoms with Gasteiger partial charge in [-0.25, -0.2) is 0 Å². The van der Waals surface area contributed by atoms with Crippen LogP contribution >= 0.6 is 15.9 Å². The molecule has 0 spiro atoms. The molecule has 1 aromatic carbocycles. The molecule has 20 heavy (non-hydrogen) atoms. The molecular weight excluding hydrogens is 334 g/mol. The Kier molecular flexibility index (Phi) is 5.51. The summed E-state index contributed by atoms with van der Waals surface area (Å²) in [5.41, 5.74) is 0.131. The van der Waals surface area contributed by atoms with Crippen LogP contribution in [0.5, 0.6) is 5.75 Å². The predicted octanol–water partition coefficient (Wildman–Crippen LogP) is 1.07.